The number of rotatable bonds is 3. The van der Waals surface area contributed by atoms with Gasteiger partial charge >= 0.3 is 0 Å². The fraction of sp³-hybridized carbons (Fsp3) is 0.929. The molecule has 2 fully saturated rings. The van der Waals surface area contributed by atoms with Gasteiger partial charge in [0.05, 0.1) is 12.1 Å². The van der Waals surface area contributed by atoms with E-state index in [0.29, 0.717) is 18.8 Å². The number of aliphatic hydroxyl groups excluding tert-OH is 2. The first kappa shape index (κ1) is 14.8. The Morgan fingerprint density at radius 2 is 1.89 bits per heavy atom. The van der Waals surface area contributed by atoms with E-state index in [4.69, 9.17) is 4.74 Å². The van der Waals surface area contributed by atoms with Crippen LogP contribution in [0.5, 0.6) is 0 Å². The second-order valence-corrected chi connectivity index (χ2v) is 5.82. The Morgan fingerprint density at radius 3 is 2.58 bits per heavy atom. The van der Waals surface area contributed by atoms with Crippen molar-refractivity contribution in [3.05, 3.63) is 0 Å². The van der Waals surface area contributed by atoms with E-state index in [1.165, 1.54) is 0 Å². The quantitative estimate of drug-likeness (QED) is 0.786. The van der Waals surface area contributed by atoms with Gasteiger partial charge in [0.15, 0.2) is 0 Å². The monoisotopic (exact) mass is 271 g/mol. The normalized spacial score (nSPS) is 33.1. The maximum Gasteiger partial charge on any atom is 0.222 e. The molecule has 0 aromatic heterocycles. The number of aliphatic hydroxyl groups is 2. The van der Waals surface area contributed by atoms with Gasteiger partial charge in [0.1, 0.15) is 6.10 Å². The van der Waals surface area contributed by atoms with Crippen LogP contribution in [-0.4, -0.2) is 59.5 Å². The second kappa shape index (κ2) is 6.68. The van der Waals surface area contributed by atoms with Gasteiger partial charge in [-0.05, 0) is 38.0 Å². The minimum Gasteiger partial charge on any atom is -0.390 e. The van der Waals surface area contributed by atoms with Crippen molar-refractivity contribution in [1.82, 2.24) is 4.90 Å². The van der Waals surface area contributed by atoms with Gasteiger partial charge in [-0.25, -0.2) is 0 Å². The standard InChI is InChI=1S/C14H25NO4/c1-15(11-3-2-4-12(16)14(11)18)13(17)9-10-5-7-19-8-6-10/h10-12,14,16,18H,2-9H2,1H3/t11-,12-,14-/m1/s1. The van der Waals surface area contributed by atoms with Gasteiger partial charge in [-0.15, -0.1) is 0 Å². The lowest BCUT2D eigenvalue weighted by Crippen LogP contribution is -2.52. The van der Waals surface area contributed by atoms with Gasteiger partial charge < -0.3 is 19.8 Å². The predicted molar refractivity (Wildman–Crippen MR) is 70.6 cm³/mol. The first-order valence-electron chi connectivity index (χ1n) is 7.29. The van der Waals surface area contributed by atoms with Crippen LogP contribution < -0.4 is 0 Å². The number of carbonyl (C=O) groups is 1. The van der Waals surface area contributed by atoms with Crippen LogP contribution in [0.1, 0.15) is 38.5 Å². The van der Waals surface area contributed by atoms with E-state index in [9.17, 15) is 15.0 Å². The van der Waals surface area contributed by atoms with Gasteiger partial charge in [0.2, 0.25) is 5.91 Å². The SMILES string of the molecule is CN(C(=O)CC1CCOCC1)[C@@H]1CCC[C@@H](O)[C@@H]1O. The summed E-state index contributed by atoms with van der Waals surface area (Å²) in [4.78, 5) is 13.9. The van der Waals surface area contributed by atoms with Gasteiger partial charge in [0, 0.05) is 26.7 Å². The number of hydrogen-bond acceptors (Lipinski definition) is 4. The lowest BCUT2D eigenvalue weighted by Gasteiger charge is -2.38. The van der Waals surface area contributed by atoms with Crippen LogP contribution in [0.2, 0.25) is 0 Å². The van der Waals surface area contributed by atoms with Crippen LogP contribution >= 0.6 is 0 Å². The predicted octanol–water partition coefficient (Wildman–Crippen LogP) is 0.536. The first-order valence-corrected chi connectivity index (χ1v) is 7.29. The molecule has 0 aromatic carbocycles. The summed E-state index contributed by atoms with van der Waals surface area (Å²) in [6.07, 6.45) is 3.16. The molecule has 1 saturated carbocycles. The number of nitrogens with zero attached hydrogens (tertiary/aromatic N) is 1. The number of hydrogen-bond donors (Lipinski definition) is 2. The van der Waals surface area contributed by atoms with E-state index in [2.05, 4.69) is 0 Å². The fourth-order valence-corrected chi connectivity index (χ4v) is 3.08. The van der Waals surface area contributed by atoms with E-state index < -0.39 is 12.2 Å². The molecule has 0 bridgehead atoms. The molecule has 3 atom stereocenters. The first-order chi connectivity index (χ1) is 9.09. The largest absolute Gasteiger partial charge is 0.390 e. The van der Waals surface area contributed by atoms with E-state index in [1.807, 2.05) is 0 Å². The fourth-order valence-electron chi connectivity index (χ4n) is 3.08. The molecule has 0 unspecified atom stereocenters. The molecule has 1 heterocycles. The van der Waals surface area contributed by atoms with Crippen molar-refractivity contribution < 1.29 is 19.7 Å². The topological polar surface area (TPSA) is 70.0 Å². The lowest BCUT2D eigenvalue weighted by molar-refractivity contribution is -0.140. The van der Waals surface area contributed by atoms with Crippen molar-refractivity contribution >= 4 is 5.91 Å². The Morgan fingerprint density at radius 1 is 1.21 bits per heavy atom. The van der Waals surface area contributed by atoms with Crippen molar-refractivity contribution in [2.75, 3.05) is 20.3 Å². The highest BCUT2D eigenvalue weighted by molar-refractivity contribution is 5.76. The second-order valence-electron chi connectivity index (χ2n) is 5.82. The molecular formula is C14H25NO4. The Kier molecular flexibility index (Phi) is 5.19. The molecule has 0 aromatic rings. The minimum absolute atomic E-state index is 0.0741. The Balaban J connectivity index is 1.86. The summed E-state index contributed by atoms with van der Waals surface area (Å²) in [7, 11) is 1.74. The maximum absolute atomic E-state index is 12.3. The van der Waals surface area contributed by atoms with Crippen LogP contribution in [0.25, 0.3) is 0 Å². The summed E-state index contributed by atoms with van der Waals surface area (Å²) in [5.41, 5.74) is 0. The summed E-state index contributed by atoms with van der Waals surface area (Å²) >= 11 is 0. The van der Waals surface area contributed by atoms with Gasteiger partial charge in [-0.1, -0.05) is 0 Å². The highest BCUT2D eigenvalue weighted by Gasteiger charge is 2.35. The van der Waals surface area contributed by atoms with Crippen molar-refractivity contribution in [2.45, 2.75) is 56.8 Å². The van der Waals surface area contributed by atoms with Gasteiger partial charge in [0.25, 0.3) is 0 Å². The third kappa shape index (κ3) is 3.68. The number of carbonyl (C=O) groups excluding carboxylic acids is 1. The molecule has 5 nitrogen and oxygen atoms in total. The van der Waals surface area contributed by atoms with E-state index in [0.717, 1.165) is 38.9 Å². The number of ether oxygens (including phenoxy) is 1. The average molecular weight is 271 g/mol. The molecule has 0 spiro atoms. The summed E-state index contributed by atoms with van der Waals surface area (Å²) in [5, 5.41) is 19.7. The molecule has 1 aliphatic heterocycles. The van der Waals surface area contributed by atoms with Crippen LogP contribution in [-0.2, 0) is 9.53 Å². The van der Waals surface area contributed by atoms with Crippen molar-refractivity contribution in [1.29, 1.82) is 0 Å². The highest BCUT2D eigenvalue weighted by Crippen LogP contribution is 2.25. The molecule has 2 aliphatic rings. The summed E-state index contributed by atoms with van der Waals surface area (Å²) < 4.78 is 5.29. The van der Waals surface area contributed by atoms with Crippen molar-refractivity contribution in [3.8, 4) is 0 Å². The molecule has 1 saturated heterocycles. The van der Waals surface area contributed by atoms with Crippen molar-refractivity contribution in [3.63, 3.8) is 0 Å². The van der Waals surface area contributed by atoms with Crippen LogP contribution in [0.15, 0.2) is 0 Å². The van der Waals surface area contributed by atoms with Gasteiger partial charge in [-0.3, -0.25) is 4.79 Å². The molecular weight excluding hydrogens is 246 g/mol. The molecule has 1 aliphatic carbocycles. The Bertz CT molecular complexity index is 304. The summed E-state index contributed by atoms with van der Waals surface area (Å²) in [5.74, 6) is 0.472. The minimum atomic E-state index is -0.808. The van der Waals surface area contributed by atoms with E-state index in [1.54, 1.807) is 11.9 Å². The van der Waals surface area contributed by atoms with Crippen LogP contribution in [0.3, 0.4) is 0 Å². The molecule has 0 radical (unpaired) electrons. The Hall–Kier alpha value is -0.650. The summed E-state index contributed by atoms with van der Waals surface area (Å²) in [6.45, 7) is 1.48. The average Bonchev–Trinajstić information content (AvgIpc) is 2.42. The zero-order valence-electron chi connectivity index (χ0n) is 11.6. The number of amides is 1. The lowest BCUT2D eigenvalue weighted by atomic mass is 9.88. The van der Waals surface area contributed by atoms with Crippen LogP contribution in [0, 0.1) is 5.92 Å². The highest BCUT2D eigenvalue weighted by atomic mass is 16.5. The number of likely N-dealkylation sites (N-methyl/N-ethyl adjacent to an activating group) is 1. The molecule has 5 heteroatoms. The molecule has 110 valence electrons. The Labute approximate surface area is 114 Å². The van der Waals surface area contributed by atoms with Gasteiger partial charge in [-0.2, -0.15) is 0 Å². The van der Waals surface area contributed by atoms with Crippen LogP contribution in [0.4, 0.5) is 0 Å². The van der Waals surface area contributed by atoms with E-state index in [-0.39, 0.29) is 11.9 Å². The molecule has 2 rings (SSSR count). The smallest absolute Gasteiger partial charge is 0.222 e. The zero-order chi connectivity index (χ0) is 13.8. The molecule has 1 amide bonds. The van der Waals surface area contributed by atoms with Crippen molar-refractivity contribution in [2.24, 2.45) is 5.92 Å². The molecule has 2 N–H and O–H groups in total. The third-order valence-corrected chi connectivity index (χ3v) is 4.48. The molecule has 19 heavy (non-hydrogen) atoms. The third-order valence-electron chi connectivity index (χ3n) is 4.48. The summed E-state index contributed by atoms with van der Waals surface area (Å²) in [6, 6.07) is -0.240. The zero-order valence-corrected chi connectivity index (χ0v) is 11.6. The van der Waals surface area contributed by atoms with E-state index >= 15 is 0 Å². The maximum atomic E-state index is 12.3.